The van der Waals surface area contributed by atoms with Gasteiger partial charge in [0.15, 0.2) is 5.43 Å². The third-order valence-corrected chi connectivity index (χ3v) is 5.01. The number of aryl methyl sites for hydroxylation is 1. The maximum absolute atomic E-state index is 12.7. The number of nitrogens with zero attached hydrogens (tertiary/aromatic N) is 2. The molecule has 2 aromatic rings. The van der Waals surface area contributed by atoms with E-state index in [9.17, 15) is 9.59 Å². The number of benzene rings is 1. The van der Waals surface area contributed by atoms with Crippen LogP contribution in [0.25, 0.3) is 10.9 Å². The first-order valence-electron chi connectivity index (χ1n) is 9.01. The first kappa shape index (κ1) is 17.7. The highest BCUT2D eigenvalue weighted by Gasteiger charge is 2.17. The van der Waals surface area contributed by atoms with E-state index >= 15 is 0 Å². The van der Waals surface area contributed by atoms with Crippen LogP contribution in [0.1, 0.15) is 31.4 Å². The second-order valence-corrected chi connectivity index (χ2v) is 6.85. The predicted octanol–water partition coefficient (Wildman–Crippen LogP) is 2.73. The molecule has 3 rings (SSSR count). The number of aromatic nitrogens is 1. The summed E-state index contributed by atoms with van der Waals surface area (Å²) >= 11 is 0. The van der Waals surface area contributed by atoms with Crippen molar-refractivity contribution >= 4 is 16.8 Å². The summed E-state index contributed by atoms with van der Waals surface area (Å²) < 4.78 is 7.66. The molecule has 1 aromatic carbocycles. The minimum Gasteiger partial charge on any atom is -0.378 e. The summed E-state index contributed by atoms with van der Waals surface area (Å²) in [5.74, 6) is 0.0488. The molecule has 1 amide bonds. The van der Waals surface area contributed by atoms with Gasteiger partial charge in [-0.05, 0) is 44.7 Å². The average molecular weight is 342 g/mol. The molecular formula is C20H26N2O3. The van der Waals surface area contributed by atoms with Gasteiger partial charge in [0, 0.05) is 37.3 Å². The average Bonchev–Trinajstić information content (AvgIpc) is 2.63. The molecule has 5 heteroatoms. The molecule has 1 aromatic heterocycles. The van der Waals surface area contributed by atoms with Gasteiger partial charge in [-0.3, -0.25) is 9.59 Å². The Morgan fingerprint density at radius 3 is 2.88 bits per heavy atom. The number of hydrogen-bond acceptors (Lipinski definition) is 3. The first-order chi connectivity index (χ1) is 12.1. The fourth-order valence-electron chi connectivity index (χ4n) is 3.42. The lowest BCUT2D eigenvalue weighted by molar-refractivity contribution is -0.131. The Kier molecular flexibility index (Phi) is 5.53. The molecule has 2 heterocycles. The minimum absolute atomic E-state index is 0.000370. The molecule has 0 radical (unpaired) electrons. The van der Waals surface area contributed by atoms with Crippen LogP contribution in [0.4, 0.5) is 0 Å². The van der Waals surface area contributed by atoms with Crippen molar-refractivity contribution in [3.05, 3.63) is 46.2 Å². The van der Waals surface area contributed by atoms with E-state index in [1.54, 1.807) is 11.0 Å². The standard InChI is InChI=1S/C20H26N2O3/c1-15-13-19(23)17-8-3-4-9-18(17)22(15)14-20(24)21(2)11-10-16-7-5-6-12-25-16/h3-4,8-9,13,16H,5-7,10-12,14H2,1-2H3/t16-/m1/s1. The third kappa shape index (κ3) is 4.10. The van der Waals surface area contributed by atoms with Gasteiger partial charge in [0.05, 0.1) is 11.6 Å². The number of para-hydroxylation sites is 1. The Morgan fingerprint density at radius 2 is 2.12 bits per heavy atom. The monoisotopic (exact) mass is 342 g/mol. The van der Waals surface area contributed by atoms with Gasteiger partial charge in [-0.25, -0.2) is 0 Å². The fourth-order valence-corrected chi connectivity index (χ4v) is 3.42. The fraction of sp³-hybridized carbons (Fsp3) is 0.500. The number of rotatable bonds is 5. The summed E-state index contributed by atoms with van der Waals surface area (Å²) in [5, 5.41) is 0.652. The Labute approximate surface area is 148 Å². The quantitative estimate of drug-likeness (QED) is 0.839. The van der Waals surface area contributed by atoms with Crippen molar-refractivity contribution in [1.29, 1.82) is 0 Å². The molecule has 1 saturated heterocycles. The number of pyridine rings is 1. The molecule has 0 saturated carbocycles. The molecule has 0 spiro atoms. The molecule has 0 unspecified atom stereocenters. The van der Waals surface area contributed by atoms with Gasteiger partial charge >= 0.3 is 0 Å². The van der Waals surface area contributed by atoms with Crippen molar-refractivity contribution in [3.8, 4) is 0 Å². The van der Waals surface area contributed by atoms with Crippen LogP contribution in [0, 0.1) is 6.92 Å². The minimum atomic E-state index is -0.000370. The third-order valence-electron chi connectivity index (χ3n) is 5.01. The zero-order chi connectivity index (χ0) is 17.8. The Morgan fingerprint density at radius 1 is 1.32 bits per heavy atom. The van der Waals surface area contributed by atoms with Crippen molar-refractivity contribution in [2.24, 2.45) is 0 Å². The van der Waals surface area contributed by atoms with Crippen LogP contribution in [-0.4, -0.2) is 41.7 Å². The van der Waals surface area contributed by atoms with Crippen molar-refractivity contribution in [2.45, 2.75) is 45.3 Å². The molecule has 0 bridgehead atoms. The maximum Gasteiger partial charge on any atom is 0.242 e. The summed E-state index contributed by atoms with van der Waals surface area (Å²) in [7, 11) is 1.84. The number of likely N-dealkylation sites (N-methyl/N-ethyl adjacent to an activating group) is 1. The van der Waals surface area contributed by atoms with Crippen LogP contribution in [0.5, 0.6) is 0 Å². The van der Waals surface area contributed by atoms with Crippen molar-refractivity contribution in [1.82, 2.24) is 9.47 Å². The van der Waals surface area contributed by atoms with Gasteiger partial charge in [-0.2, -0.15) is 0 Å². The van der Waals surface area contributed by atoms with Crippen molar-refractivity contribution in [3.63, 3.8) is 0 Å². The highest BCUT2D eigenvalue weighted by atomic mass is 16.5. The SMILES string of the molecule is Cc1cc(=O)c2ccccc2n1CC(=O)N(C)CC[C@H]1CCCCO1. The van der Waals surface area contributed by atoms with Crippen LogP contribution < -0.4 is 5.43 Å². The Balaban J connectivity index is 1.70. The molecule has 1 aliphatic heterocycles. The summed E-state index contributed by atoms with van der Waals surface area (Å²) in [6.45, 7) is 3.65. The predicted molar refractivity (Wildman–Crippen MR) is 98.8 cm³/mol. The van der Waals surface area contributed by atoms with Gasteiger partial charge in [-0.15, -0.1) is 0 Å². The normalized spacial score (nSPS) is 17.6. The lowest BCUT2D eigenvalue weighted by Gasteiger charge is -2.26. The highest BCUT2D eigenvalue weighted by molar-refractivity contribution is 5.82. The van der Waals surface area contributed by atoms with Crippen LogP contribution in [-0.2, 0) is 16.1 Å². The van der Waals surface area contributed by atoms with Gasteiger partial charge in [0.1, 0.15) is 6.54 Å². The van der Waals surface area contributed by atoms with E-state index in [-0.39, 0.29) is 24.0 Å². The van der Waals surface area contributed by atoms with Gasteiger partial charge < -0.3 is 14.2 Å². The number of carbonyl (C=O) groups is 1. The second-order valence-electron chi connectivity index (χ2n) is 6.85. The van der Waals surface area contributed by atoms with Crippen LogP contribution in [0.2, 0.25) is 0 Å². The van der Waals surface area contributed by atoms with E-state index in [1.807, 2.05) is 42.8 Å². The Bertz CT molecular complexity index is 806. The molecular weight excluding hydrogens is 316 g/mol. The molecule has 1 atom stereocenters. The largest absolute Gasteiger partial charge is 0.378 e. The first-order valence-corrected chi connectivity index (χ1v) is 9.01. The van der Waals surface area contributed by atoms with E-state index in [2.05, 4.69) is 0 Å². The number of ether oxygens (including phenoxy) is 1. The van der Waals surface area contributed by atoms with Gasteiger partial charge in [0.25, 0.3) is 0 Å². The number of amides is 1. The number of hydrogen-bond donors (Lipinski definition) is 0. The smallest absolute Gasteiger partial charge is 0.242 e. The highest BCUT2D eigenvalue weighted by Crippen LogP contribution is 2.16. The Hall–Kier alpha value is -2.14. The van der Waals surface area contributed by atoms with E-state index < -0.39 is 0 Å². The summed E-state index contributed by atoms with van der Waals surface area (Å²) in [6.07, 6.45) is 4.60. The topological polar surface area (TPSA) is 51.5 Å². The number of carbonyl (C=O) groups excluding carboxylic acids is 1. The van der Waals surface area contributed by atoms with E-state index in [4.69, 9.17) is 4.74 Å². The molecule has 5 nitrogen and oxygen atoms in total. The van der Waals surface area contributed by atoms with Crippen molar-refractivity contribution in [2.75, 3.05) is 20.2 Å². The summed E-state index contributed by atoms with van der Waals surface area (Å²) in [6, 6.07) is 9.05. The molecule has 1 fully saturated rings. The maximum atomic E-state index is 12.7. The van der Waals surface area contributed by atoms with Crippen LogP contribution in [0.3, 0.4) is 0 Å². The van der Waals surface area contributed by atoms with E-state index in [0.29, 0.717) is 11.9 Å². The molecule has 0 N–H and O–H groups in total. The van der Waals surface area contributed by atoms with Crippen LogP contribution in [0.15, 0.2) is 35.1 Å². The zero-order valence-electron chi connectivity index (χ0n) is 15.0. The van der Waals surface area contributed by atoms with Crippen molar-refractivity contribution < 1.29 is 9.53 Å². The second kappa shape index (κ2) is 7.83. The summed E-state index contributed by atoms with van der Waals surface area (Å²) in [4.78, 5) is 26.5. The van der Waals surface area contributed by atoms with Crippen LogP contribution >= 0.6 is 0 Å². The van der Waals surface area contributed by atoms with Gasteiger partial charge in [-0.1, -0.05) is 12.1 Å². The number of fused-ring (bicyclic) bond motifs is 1. The molecule has 1 aliphatic rings. The zero-order valence-corrected chi connectivity index (χ0v) is 15.0. The lowest BCUT2D eigenvalue weighted by atomic mass is 10.1. The molecule has 0 aliphatic carbocycles. The molecule has 134 valence electrons. The molecule has 25 heavy (non-hydrogen) atoms. The lowest BCUT2D eigenvalue weighted by Crippen LogP contribution is -2.34. The van der Waals surface area contributed by atoms with E-state index in [1.165, 1.54) is 6.42 Å². The van der Waals surface area contributed by atoms with Gasteiger partial charge in [0.2, 0.25) is 5.91 Å². The summed E-state index contributed by atoms with van der Waals surface area (Å²) in [5.41, 5.74) is 1.62. The van der Waals surface area contributed by atoms with E-state index in [0.717, 1.165) is 37.1 Å².